The van der Waals surface area contributed by atoms with Crippen LogP contribution >= 0.6 is 0 Å². The van der Waals surface area contributed by atoms with E-state index in [9.17, 15) is 4.79 Å². The van der Waals surface area contributed by atoms with Crippen LogP contribution in [0.2, 0.25) is 0 Å². The minimum Gasteiger partial charge on any atom is -0.493 e. The van der Waals surface area contributed by atoms with Crippen molar-refractivity contribution < 1.29 is 19.0 Å². The first kappa shape index (κ1) is 18.6. The number of hydrogen-bond acceptors (Lipinski definition) is 5. The summed E-state index contributed by atoms with van der Waals surface area (Å²) in [5.41, 5.74) is 1.86. The molecule has 7 heteroatoms. The van der Waals surface area contributed by atoms with Gasteiger partial charge in [0.15, 0.2) is 17.3 Å². The van der Waals surface area contributed by atoms with Crippen LogP contribution in [0.5, 0.6) is 17.2 Å². The number of nitrogens with one attached hydrogen (secondary N) is 2. The van der Waals surface area contributed by atoms with Gasteiger partial charge in [0.25, 0.3) is 0 Å². The van der Waals surface area contributed by atoms with E-state index in [0.717, 1.165) is 11.3 Å². The van der Waals surface area contributed by atoms with E-state index < -0.39 is 0 Å². The van der Waals surface area contributed by atoms with Crippen LogP contribution in [0.15, 0.2) is 18.2 Å². The lowest BCUT2D eigenvalue weighted by molar-refractivity contribution is -0.116. The molecule has 1 heterocycles. The average molecular weight is 347 g/mol. The second kappa shape index (κ2) is 8.41. The monoisotopic (exact) mass is 347 g/mol. The van der Waals surface area contributed by atoms with Crippen molar-refractivity contribution in [1.82, 2.24) is 10.2 Å². The predicted octanol–water partition coefficient (Wildman–Crippen LogP) is 3.13. The number of hydrogen-bond donors (Lipinski definition) is 2. The fourth-order valence-corrected chi connectivity index (χ4v) is 2.51. The smallest absolute Gasteiger partial charge is 0.225 e. The number of ether oxygens (including phenoxy) is 3. The first-order valence-corrected chi connectivity index (χ1v) is 8.13. The Balaban J connectivity index is 2.03. The number of benzene rings is 1. The molecule has 0 atom stereocenters. The number of aromatic amines is 1. The third kappa shape index (κ3) is 4.43. The van der Waals surface area contributed by atoms with Crippen molar-refractivity contribution in [1.29, 1.82) is 0 Å². The standard InChI is InChI=1S/C18H25N3O4/c1-11(2)13-10-15(21-20-13)19-16(22)9-7-12-6-8-14(23-3)18(25-5)17(12)24-4/h6,8,10-11H,7,9H2,1-5H3,(H2,19,20,21,22). The molecule has 0 fully saturated rings. The topological polar surface area (TPSA) is 85.5 Å². The molecule has 0 spiro atoms. The molecule has 0 saturated heterocycles. The van der Waals surface area contributed by atoms with Gasteiger partial charge in [-0.15, -0.1) is 0 Å². The molecule has 0 aliphatic carbocycles. The van der Waals surface area contributed by atoms with Crippen molar-refractivity contribution in [3.05, 3.63) is 29.5 Å². The van der Waals surface area contributed by atoms with Crippen molar-refractivity contribution >= 4 is 11.7 Å². The fourth-order valence-electron chi connectivity index (χ4n) is 2.51. The van der Waals surface area contributed by atoms with Crippen molar-refractivity contribution in [2.75, 3.05) is 26.6 Å². The summed E-state index contributed by atoms with van der Waals surface area (Å²) in [4.78, 5) is 12.2. The lowest BCUT2D eigenvalue weighted by atomic mass is 10.1. The molecule has 0 aliphatic heterocycles. The number of carbonyl (C=O) groups excluding carboxylic acids is 1. The summed E-state index contributed by atoms with van der Waals surface area (Å²) in [6, 6.07) is 5.52. The molecule has 1 aromatic heterocycles. The van der Waals surface area contributed by atoms with Crippen molar-refractivity contribution in [2.24, 2.45) is 0 Å². The molecule has 2 N–H and O–H groups in total. The predicted molar refractivity (Wildman–Crippen MR) is 95.7 cm³/mol. The number of nitrogens with zero attached hydrogens (tertiary/aromatic N) is 1. The second-order valence-corrected chi connectivity index (χ2v) is 5.90. The Kier molecular flexibility index (Phi) is 6.27. The number of anilines is 1. The van der Waals surface area contributed by atoms with Gasteiger partial charge in [0.1, 0.15) is 0 Å². The Morgan fingerprint density at radius 2 is 1.88 bits per heavy atom. The van der Waals surface area contributed by atoms with Gasteiger partial charge >= 0.3 is 0 Å². The highest BCUT2D eigenvalue weighted by molar-refractivity contribution is 5.90. The van der Waals surface area contributed by atoms with Gasteiger partial charge in [-0.25, -0.2) is 0 Å². The van der Waals surface area contributed by atoms with Gasteiger partial charge in [-0.05, 0) is 24.0 Å². The minimum absolute atomic E-state index is 0.112. The largest absolute Gasteiger partial charge is 0.493 e. The molecule has 0 bridgehead atoms. The molecule has 1 aromatic carbocycles. The molecule has 136 valence electrons. The number of carbonyl (C=O) groups is 1. The van der Waals surface area contributed by atoms with Gasteiger partial charge in [-0.2, -0.15) is 5.10 Å². The molecule has 0 aliphatic rings. The first-order chi connectivity index (χ1) is 12.0. The molecule has 7 nitrogen and oxygen atoms in total. The fraction of sp³-hybridized carbons (Fsp3) is 0.444. The second-order valence-electron chi connectivity index (χ2n) is 5.90. The van der Waals surface area contributed by atoms with Gasteiger partial charge < -0.3 is 19.5 Å². The molecular weight excluding hydrogens is 322 g/mol. The Labute approximate surface area is 147 Å². The molecule has 2 rings (SSSR count). The normalized spacial score (nSPS) is 10.6. The van der Waals surface area contributed by atoms with E-state index in [0.29, 0.717) is 41.8 Å². The van der Waals surface area contributed by atoms with Crippen molar-refractivity contribution in [2.45, 2.75) is 32.6 Å². The van der Waals surface area contributed by atoms with Crippen molar-refractivity contribution in [3.63, 3.8) is 0 Å². The third-order valence-electron chi connectivity index (χ3n) is 3.89. The van der Waals surface area contributed by atoms with E-state index in [2.05, 4.69) is 29.4 Å². The Hall–Kier alpha value is -2.70. The van der Waals surface area contributed by atoms with Crippen LogP contribution < -0.4 is 19.5 Å². The van der Waals surface area contributed by atoms with Crippen LogP contribution in [-0.4, -0.2) is 37.4 Å². The van der Waals surface area contributed by atoms with Crippen LogP contribution in [0.3, 0.4) is 0 Å². The highest BCUT2D eigenvalue weighted by Crippen LogP contribution is 2.40. The van der Waals surface area contributed by atoms with E-state index in [-0.39, 0.29) is 5.91 Å². The summed E-state index contributed by atoms with van der Waals surface area (Å²) in [5.74, 6) is 2.44. The van der Waals surface area contributed by atoms with E-state index in [1.54, 1.807) is 27.4 Å². The number of amides is 1. The van der Waals surface area contributed by atoms with Gasteiger partial charge in [-0.1, -0.05) is 19.9 Å². The summed E-state index contributed by atoms with van der Waals surface area (Å²) in [6.07, 6.45) is 0.812. The quantitative estimate of drug-likeness (QED) is 0.766. The van der Waals surface area contributed by atoms with Crippen molar-refractivity contribution in [3.8, 4) is 17.2 Å². The molecule has 0 saturated carbocycles. The number of H-pyrrole nitrogens is 1. The summed E-state index contributed by atoms with van der Waals surface area (Å²) in [5, 5.41) is 9.81. The molecule has 1 amide bonds. The number of methoxy groups -OCH3 is 3. The summed E-state index contributed by atoms with van der Waals surface area (Å²) in [7, 11) is 4.69. The van der Waals surface area contributed by atoms with Crippen LogP contribution in [0.4, 0.5) is 5.82 Å². The first-order valence-electron chi connectivity index (χ1n) is 8.13. The van der Waals surface area contributed by atoms with Crippen LogP contribution in [0, 0.1) is 0 Å². The molecule has 2 aromatic rings. The molecule has 0 unspecified atom stereocenters. The van der Waals surface area contributed by atoms with Gasteiger partial charge in [0.05, 0.1) is 21.3 Å². The van der Waals surface area contributed by atoms with E-state index in [4.69, 9.17) is 14.2 Å². The van der Waals surface area contributed by atoms with Gasteiger partial charge in [0, 0.05) is 18.2 Å². The molecule has 0 radical (unpaired) electrons. The Morgan fingerprint density at radius 1 is 1.16 bits per heavy atom. The van der Waals surface area contributed by atoms with E-state index in [1.807, 2.05) is 12.1 Å². The Morgan fingerprint density at radius 3 is 2.44 bits per heavy atom. The van der Waals surface area contributed by atoms with Crippen LogP contribution in [0.1, 0.15) is 37.4 Å². The Bertz CT molecular complexity index is 725. The zero-order valence-electron chi connectivity index (χ0n) is 15.3. The summed E-state index contributed by atoms with van der Waals surface area (Å²) in [6.45, 7) is 4.12. The van der Waals surface area contributed by atoms with E-state index >= 15 is 0 Å². The number of aryl methyl sites for hydroxylation is 1. The lowest BCUT2D eigenvalue weighted by Gasteiger charge is -2.15. The molecule has 25 heavy (non-hydrogen) atoms. The maximum absolute atomic E-state index is 12.2. The van der Waals surface area contributed by atoms with Crippen LogP contribution in [-0.2, 0) is 11.2 Å². The maximum Gasteiger partial charge on any atom is 0.225 e. The van der Waals surface area contributed by atoms with E-state index in [1.165, 1.54) is 0 Å². The van der Waals surface area contributed by atoms with Gasteiger partial charge in [0.2, 0.25) is 11.7 Å². The summed E-state index contributed by atoms with van der Waals surface area (Å²) < 4.78 is 16.1. The third-order valence-corrected chi connectivity index (χ3v) is 3.89. The highest BCUT2D eigenvalue weighted by atomic mass is 16.5. The molecular formula is C18H25N3O4. The SMILES string of the molecule is COc1ccc(CCC(=O)Nc2cc(C(C)C)[nH]n2)c(OC)c1OC. The summed E-state index contributed by atoms with van der Waals surface area (Å²) >= 11 is 0. The zero-order valence-corrected chi connectivity index (χ0v) is 15.3. The maximum atomic E-state index is 12.2. The van der Waals surface area contributed by atoms with Gasteiger partial charge in [-0.3, -0.25) is 9.89 Å². The minimum atomic E-state index is -0.112. The number of aromatic nitrogens is 2. The number of rotatable bonds is 8. The zero-order chi connectivity index (χ0) is 18.4. The highest BCUT2D eigenvalue weighted by Gasteiger charge is 2.17. The lowest BCUT2D eigenvalue weighted by Crippen LogP contribution is -2.13. The van der Waals surface area contributed by atoms with Crippen LogP contribution in [0.25, 0.3) is 0 Å². The average Bonchev–Trinajstić information content (AvgIpc) is 3.07.